The van der Waals surface area contributed by atoms with Gasteiger partial charge in [0.25, 0.3) is 0 Å². The number of nitrogens with one attached hydrogen (secondary N) is 2. The number of rotatable bonds is 5. The highest BCUT2D eigenvalue weighted by Gasteiger charge is 2.40. The first-order valence-corrected chi connectivity index (χ1v) is 11.7. The van der Waals surface area contributed by atoms with Crippen LogP contribution in [0.1, 0.15) is 6.42 Å². The van der Waals surface area contributed by atoms with E-state index >= 15 is 0 Å². The third kappa shape index (κ3) is 4.17. The van der Waals surface area contributed by atoms with E-state index in [1.165, 1.54) is 6.07 Å². The van der Waals surface area contributed by atoms with Crippen molar-refractivity contribution in [1.29, 1.82) is 0 Å². The third-order valence-electron chi connectivity index (χ3n) is 4.22. The molecule has 0 bridgehead atoms. The number of fused-ring (bicyclic) bond motifs is 1. The van der Waals surface area contributed by atoms with Crippen LogP contribution in [-0.2, 0) is 19.9 Å². The Labute approximate surface area is 153 Å². The zero-order valence-electron chi connectivity index (χ0n) is 13.6. The molecule has 6 nitrogen and oxygen atoms in total. The van der Waals surface area contributed by atoms with Crippen LogP contribution in [0.5, 0.6) is 0 Å². The minimum atomic E-state index is -3.92. The Balaban J connectivity index is 2.05. The predicted octanol–water partition coefficient (Wildman–Crippen LogP) is 1.15. The molecule has 1 heterocycles. The fraction of sp³-hybridized carbons (Fsp3) is 0.375. The van der Waals surface area contributed by atoms with Gasteiger partial charge in [-0.25, -0.2) is 16.8 Å². The highest BCUT2D eigenvalue weighted by molar-refractivity contribution is 7.94. The molecule has 2 N–H and O–H groups in total. The first-order chi connectivity index (χ1) is 11.7. The molecular weight excluding hydrogens is 380 g/mol. The standard InChI is InChI=1S/C16H20N2O4S3/c1-24(19,20)18-16(15-9-13(23)10-17-15)25(21,22)14-7-6-11-4-2-3-5-12(11)8-14/h2-8,13,15-18,23H,9-10H2,1H3/t13-,15+,16?/m1/s1. The van der Waals surface area contributed by atoms with Gasteiger partial charge in [-0.3, -0.25) is 0 Å². The molecule has 1 saturated heterocycles. The van der Waals surface area contributed by atoms with Gasteiger partial charge in [-0.15, -0.1) is 0 Å². The lowest BCUT2D eigenvalue weighted by atomic mass is 10.1. The molecular formula is C16H20N2O4S3. The molecule has 0 saturated carbocycles. The van der Waals surface area contributed by atoms with Crippen LogP contribution < -0.4 is 10.0 Å². The van der Waals surface area contributed by atoms with E-state index < -0.39 is 31.3 Å². The minimum Gasteiger partial charge on any atom is -0.310 e. The summed E-state index contributed by atoms with van der Waals surface area (Å²) >= 11 is 4.35. The molecule has 1 unspecified atom stereocenters. The zero-order valence-corrected chi connectivity index (χ0v) is 16.1. The average molecular weight is 401 g/mol. The summed E-state index contributed by atoms with van der Waals surface area (Å²) in [4.78, 5) is 0.0942. The Kier molecular flexibility index (Phi) is 5.13. The van der Waals surface area contributed by atoms with Crippen molar-refractivity contribution in [2.75, 3.05) is 12.8 Å². The second-order valence-corrected chi connectivity index (χ2v) is 10.8. The summed E-state index contributed by atoms with van der Waals surface area (Å²) in [5, 5.41) is 3.47. The molecule has 0 radical (unpaired) electrons. The highest BCUT2D eigenvalue weighted by atomic mass is 32.2. The van der Waals surface area contributed by atoms with Gasteiger partial charge in [0.2, 0.25) is 10.0 Å². The number of sulfonamides is 1. The molecule has 1 fully saturated rings. The number of thiol groups is 1. The van der Waals surface area contributed by atoms with Crippen LogP contribution >= 0.6 is 12.6 Å². The summed E-state index contributed by atoms with van der Waals surface area (Å²) in [6.45, 7) is 0.531. The molecule has 0 spiro atoms. The number of hydrogen-bond acceptors (Lipinski definition) is 6. The van der Waals surface area contributed by atoms with E-state index in [4.69, 9.17) is 0 Å². The van der Waals surface area contributed by atoms with E-state index in [0.717, 1.165) is 17.0 Å². The van der Waals surface area contributed by atoms with Crippen LogP contribution in [-0.4, -0.2) is 46.3 Å². The second kappa shape index (κ2) is 6.88. The van der Waals surface area contributed by atoms with Gasteiger partial charge in [-0.2, -0.15) is 17.4 Å². The first kappa shape index (κ1) is 18.7. The molecule has 9 heteroatoms. The van der Waals surface area contributed by atoms with E-state index in [0.29, 0.717) is 13.0 Å². The quantitative estimate of drug-likeness (QED) is 0.655. The molecule has 1 aliphatic rings. The second-order valence-electron chi connectivity index (χ2n) is 6.27. The lowest BCUT2D eigenvalue weighted by Gasteiger charge is -2.24. The molecule has 3 atom stereocenters. The maximum absolute atomic E-state index is 13.2. The largest absolute Gasteiger partial charge is 0.310 e. The van der Waals surface area contributed by atoms with Crippen molar-refractivity contribution >= 4 is 43.3 Å². The van der Waals surface area contributed by atoms with Gasteiger partial charge in [-0.1, -0.05) is 30.3 Å². The van der Waals surface area contributed by atoms with Gasteiger partial charge in [0, 0.05) is 17.8 Å². The van der Waals surface area contributed by atoms with Gasteiger partial charge < -0.3 is 5.32 Å². The Morgan fingerprint density at radius 1 is 1.12 bits per heavy atom. The van der Waals surface area contributed by atoms with Gasteiger partial charge in [-0.05, 0) is 29.3 Å². The van der Waals surface area contributed by atoms with E-state index in [1.54, 1.807) is 12.1 Å². The first-order valence-electron chi connectivity index (χ1n) is 7.78. The van der Waals surface area contributed by atoms with E-state index in [1.807, 2.05) is 24.3 Å². The summed E-state index contributed by atoms with van der Waals surface area (Å²) in [5.74, 6) is 0. The third-order valence-corrected chi connectivity index (χ3v) is 7.47. The number of hydrogen-bond donors (Lipinski definition) is 3. The van der Waals surface area contributed by atoms with Crippen LogP contribution in [0.4, 0.5) is 0 Å². The van der Waals surface area contributed by atoms with E-state index in [2.05, 4.69) is 22.7 Å². The lowest BCUT2D eigenvalue weighted by molar-refractivity contribution is 0.498. The average Bonchev–Trinajstić information content (AvgIpc) is 2.97. The van der Waals surface area contributed by atoms with Gasteiger partial charge >= 0.3 is 0 Å². The van der Waals surface area contributed by atoms with Crippen molar-refractivity contribution in [3.63, 3.8) is 0 Å². The molecule has 0 aromatic heterocycles. The van der Waals surface area contributed by atoms with E-state index in [9.17, 15) is 16.8 Å². The Morgan fingerprint density at radius 3 is 2.40 bits per heavy atom. The van der Waals surface area contributed by atoms with Crippen molar-refractivity contribution in [3.8, 4) is 0 Å². The predicted molar refractivity (Wildman–Crippen MR) is 102 cm³/mol. The molecule has 0 amide bonds. The normalized spacial score (nSPS) is 23.0. The lowest BCUT2D eigenvalue weighted by Crippen LogP contribution is -2.51. The molecule has 25 heavy (non-hydrogen) atoms. The van der Waals surface area contributed by atoms with Crippen LogP contribution in [0, 0.1) is 0 Å². The van der Waals surface area contributed by atoms with Crippen molar-refractivity contribution in [2.45, 2.75) is 28.0 Å². The van der Waals surface area contributed by atoms with Crippen molar-refractivity contribution in [3.05, 3.63) is 42.5 Å². The zero-order chi connectivity index (χ0) is 18.2. The Hall–Kier alpha value is -1.13. The molecule has 2 aromatic carbocycles. The van der Waals surface area contributed by atoms with Gasteiger partial charge in [0.05, 0.1) is 11.2 Å². The van der Waals surface area contributed by atoms with Crippen LogP contribution in [0.2, 0.25) is 0 Å². The van der Waals surface area contributed by atoms with Crippen LogP contribution in [0.3, 0.4) is 0 Å². The van der Waals surface area contributed by atoms with Crippen molar-refractivity contribution in [2.24, 2.45) is 0 Å². The Morgan fingerprint density at radius 2 is 1.80 bits per heavy atom. The number of sulfone groups is 1. The molecule has 2 aromatic rings. The molecule has 0 aliphatic carbocycles. The van der Waals surface area contributed by atoms with Crippen molar-refractivity contribution < 1.29 is 16.8 Å². The smallest absolute Gasteiger partial charge is 0.209 e. The maximum atomic E-state index is 13.2. The van der Waals surface area contributed by atoms with E-state index in [-0.39, 0.29) is 10.1 Å². The molecule has 1 aliphatic heterocycles. The molecule has 3 rings (SSSR count). The summed E-state index contributed by atoms with van der Waals surface area (Å²) in [5.41, 5.74) is 0. The van der Waals surface area contributed by atoms with Crippen molar-refractivity contribution in [1.82, 2.24) is 10.0 Å². The topological polar surface area (TPSA) is 92.3 Å². The summed E-state index contributed by atoms with van der Waals surface area (Å²) < 4.78 is 52.1. The Bertz CT molecular complexity index is 989. The maximum Gasteiger partial charge on any atom is 0.209 e. The van der Waals surface area contributed by atoms with Gasteiger partial charge in [0.1, 0.15) is 5.37 Å². The highest BCUT2D eigenvalue weighted by Crippen LogP contribution is 2.26. The summed E-state index contributed by atoms with van der Waals surface area (Å²) in [6, 6.07) is 11.7. The summed E-state index contributed by atoms with van der Waals surface area (Å²) in [7, 11) is -7.63. The number of benzene rings is 2. The fourth-order valence-corrected chi connectivity index (χ4v) is 6.47. The SMILES string of the molecule is CS(=O)(=O)NC([C@@H]1C[C@@H](S)CN1)S(=O)(=O)c1ccc2ccccc2c1. The minimum absolute atomic E-state index is 0.0133. The van der Waals surface area contributed by atoms with Crippen LogP contribution in [0.15, 0.2) is 47.4 Å². The van der Waals surface area contributed by atoms with Gasteiger partial charge in [0.15, 0.2) is 9.84 Å². The fourth-order valence-electron chi connectivity index (χ4n) is 3.04. The van der Waals surface area contributed by atoms with Crippen LogP contribution in [0.25, 0.3) is 10.8 Å². The summed E-state index contributed by atoms with van der Waals surface area (Å²) in [6.07, 6.45) is 1.42. The molecule has 136 valence electrons. The monoisotopic (exact) mass is 400 g/mol.